The third-order valence-electron chi connectivity index (χ3n) is 4.37. The molecule has 0 fully saturated rings. The van der Waals surface area contributed by atoms with Gasteiger partial charge in [0.15, 0.2) is 0 Å². The molecule has 0 unspecified atom stereocenters. The number of hydrogen-bond acceptors (Lipinski definition) is 3. The lowest BCUT2D eigenvalue weighted by molar-refractivity contribution is -0.176. The van der Waals surface area contributed by atoms with Crippen LogP contribution in [0.15, 0.2) is 71.1 Å². The lowest BCUT2D eigenvalue weighted by Crippen LogP contribution is -2.22. The highest BCUT2D eigenvalue weighted by Gasteiger charge is 2.27. The van der Waals surface area contributed by atoms with Crippen molar-refractivity contribution in [1.29, 1.82) is 0 Å². The van der Waals surface area contributed by atoms with Crippen molar-refractivity contribution in [1.82, 2.24) is 5.32 Å². The summed E-state index contributed by atoms with van der Waals surface area (Å²) >= 11 is 0. The van der Waals surface area contributed by atoms with E-state index in [-0.39, 0.29) is 12.5 Å². The summed E-state index contributed by atoms with van der Waals surface area (Å²) in [6.07, 6.45) is -3.54. The fourth-order valence-electron chi connectivity index (χ4n) is 2.83. The highest BCUT2D eigenvalue weighted by atomic mass is 19.4. The van der Waals surface area contributed by atoms with Gasteiger partial charge in [-0.25, -0.2) is 0 Å². The predicted octanol–water partition coefficient (Wildman–Crippen LogP) is 5.27. The second kappa shape index (κ2) is 10.1. The lowest BCUT2D eigenvalue weighted by Gasteiger charge is -2.09. The van der Waals surface area contributed by atoms with Gasteiger partial charge in [-0.3, -0.25) is 4.79 Å². The first kappa shape index (κ1) is 21.6. The molecule has 1 N–H and O–H groups in total. The summed E-state index contributed by atoms with van der Waals surface area (Å²) in [6.45, 7) is -1.04. The van der Waals surface area contributed by atoms with Crippen LogP contribution < -0.4 is 5.32 Å². The van der Waals surface area contributed by atoms with Crippen LogP contribution in [0.4, 0.5) is 13.2 Å². The minimum atomic E-state index is -4.33. The van der Waals surface area contributed by atoms with Crippen LogP contribution in [0.3, 0.4) is 0 Å². The fourth-order valence-corrected chi connectivity index (χ4v) is 2.83. The predicted molar refractivity (Wildman–Crippen MR) is 106 cm³/mol. The topological polar surface area (TPSA) is 51.5 Å². The monoisotopic (exact) mass is 417 g/mol. The van der Waals surface area contributed by atoms with E-state index in [1.54, 1.807) is 24.3 Å². The van der Waals surface area contributed by atoms with Crippen LogP contribution in [0.2, 0.25) is 0 Å². The van der Waals surface area contributed by atoms with E-state index < -0.39 is 12.8 Å². The Morgan fingerprint density at radius 2 is 1.63 bits per heavy atom. The van der Waals surface area contributed by atoms with E-state index in [4.69, 9.17) is 4.42 Å². The van der Waals surface area contributed by atoms with Gasteiger partial charge in [0.25, 0.3) is 0 Å². The summed E-state index contributed by atoms with van der Waals surface area (Å²) in [5, 5.41) is 2.83. The van der Waals surface area contributed by atoms with Crippen molar-refractivity contribution in [3.05, 3.63) is 83.6 Å². The minimum Gasteiger partial charge on any atom is -0.461 e. The number of hydrogen-bond donors (Lipinski definition) is 1. The minimum absolute atomic E-state index is 0.106. The van der Waals surface area contributed by atoms with E-state index in [0.717, 1.165) is 22.6 Å². The molecule has 0 spiro atoms. The standard InChI is InChI=1S/C23H22F3NO3/c24-23(25,26)16-29-15-18-8-6-17(7-9-18)14-27-22(28)13-11-20-10-12-21(30-20)19-4-2-1-3-5-19/h1-10,12H,11,13-16H2,(H,27,28). The Labute approximate surface area is 172 Å². The number of halogens is 3. The van der Waals surface area contributed by atoms with Crippen molar-refractivity contribution in [2.24, 2.45) is 0 Å². The molecule has 0 aliphatic rings. The molecule has 7 heteroatoms. The maximum absolute atomic E-state index is 12.1. The Kier molecular flexibility index (Phi) is 7.30. The van der Waals surface area contributed by atoms with Gasteiger partial charge >= 0.3 is 6.18 Å². The highest BCUT2D eigenvalue weighted by molar-refractivity contribution is 5.76. The summed E-state index contributed by atoms with van der Waals surface area (Å²) in [4.78, 5) is 12.1. The van der Waals surface area contributed by atoms with E-state index >= 15 is 0 Å². The number of benzene rings is 2. The van der Waals surface area contributed by atoms with Crippen molar-refractivity contribution in [3.8, 4) is 11.3 Å². The van der Waals surface area contributed by atoms with E-state index in [9.17, 15) is 18.0 Å². The third-order valence-corrected chi connectivity index (χ3v) is 4.37. The molecular formula is C23H22F3NO3. The van der Waals surface area contributed by atoms with Crippen LogP contribution in [0.5, 0.6) is 0 Å². The Morgan fingerprint density at radius 1 is 0.933 bits per heavy atom. The number of carbonyl (C=O) groups excluding carboxylic acids is 1. The van der Waals surface area contributed by atoms with Crippen LogP contribution in [-0.4, -0.2) is 18.7 Å². The van der Waals surface area contributed by atoms with Gasteiger partial charge < -0.3 is 14.5 Å². The second-order valence-electron chi connectivity index (χ2n) is 6.83. The zero-order valence-corrected chi connectivity index (χ0v) is 16.2. The molecule has 158 valence electrons. The van der Waals surface area contributed by atoms with Crippen molar-refractivity contribution >= 4 is 5.91 Å². The van der Waals surface area contributed by atoms with Gasteiger partial charge in [0.05, 0.1) is 6.61 Å². The number of nitrogens with one attached hydrogen (secondary N) is 1. The lowest BCUT2D eigenvalue weighted by atomic mass is 10.1. The van der Waals surface area contributed by atoms with Gasteiger partial charge in [-0.15, -0.1) is 0 Å². The number of rotatable bonds is 9. The summed E-state index contributed by atoms with van der Waals surface area (Å²) in [7, 11) is 0. The second-order valence-corrected chi connectivity index (χ2v) is 6.83. The number of ether oxygens (including phenoxy) is 1. The number of amides is 1. The quantitative estimate of drug-likeness (QED) is 0.516. The van der Waals surface area contributed by atoms with E-state index in [0.29, 0.717) is 24.9 Å². The van der Waals surface area contributed by atoms with E-state index in [1.807, 2.05) is 42.5 Å². The number of alkyl halides is 3. The Hall–Kier alpha value is -3.06. The third kappa shape index (κ3) is 7.08. The fraction of sp³-hybridized carbons (Fsp3) is 0.261. The normalized spacial score (nSPS) is 11.4. The Balaban J connectivity index is 1.39. The van der Waals surface area contributed by atoms with Gasteiger partial charge in [0.1, 0.15) is 18.1 Å². The SMILES string of the molecule is O=C(CCc1ccc(-c2ccccc2)o1)NCc1ccc(COCC(F)(F)F)cc1. The molecule has 1 heterocycles. The van der Waals surface area contributed by atoms with Crippen molar-refractivity contribution in [2.45, 2.75) is 32.2 Å². The highest BCUT2D eigenvalue weighted by Crippen LogP contribution is 2.22. The summed E-state index contributed by atoms with van der Waals surface area (Å²) in [6, 6.07) is 20.4. The van der Waals surface area contributed by atoms with Gasteiger partial charge in [-0.2, -0.15) is 13.2 Å². The first-order valence-electron chi connectivity index (χ1n) is 9.52. The number of furan rings is 1. The van der Waals surface area contributed by atoms with Gasteiger partial charge in [0.2, 0.25) is 5.91 Å². The molecule has 0 bridgehead atoms. The first-order valence-corrected chi connectivity index (χ1v) is 9.52. The average Bonchev–Trinajstić information content (AvgIpc) is 3.20. The molecule has 1 amide bonds. The number of aryl methyl sites for hydroxylation is 1. The Bertz CT molecular complexity index is 934. The van der Waals surface area contributed by atoms with Crippen LogP contribution in [0.1, 0.15) is 23.3 Å². The van der Waals surface area contributed by atoms with Gasteiger partial charge in [-0.05, 0) is 23.3 Å². The first-order chi connectivity index (χ1) is 14.4. The van der Waals surface area contributed by atoms with Crippen molar-refractivity contribution in [3.63, 3.8) is 0 Å². The Morgan fingerprint density at radius 3 is 2.33 bits per heavy atom. The molecular weight excluding hydrogens is 395 g/mol. The molecule has 0 saturated carbocycles. The van der Waals surface area contributed by atoms with Gasteiger partial charge in [0, 0.05) is 24.9 Å². The van der Waals surface area contributed by atoms with Crippen LogP contribution >= 0.6 is 0 Å². The smallest absolute Gasteiger partial charge is 0.411 e. The molecule has 4 nitrogen and oxygen atoms in total. The van der Waals surface area contributed by atoms with E-state index in [1.165, 1.54) is 0 Å². The van der Waals surface area contributed by atoms with Crippen LogP contribution in [-0.2, 0) is 29.1 Å². The molecule has 1 aromatic heterocycles. The van der Waals surface area contributed by atoms with Gasteiger partial charge in [-0.1, -0.05) is 54.6 Å². The van der Waals surface area contributed by atoms with Crippen LogP contribution in [0.25, 0.3) is 11.3 Å². The molecule has 0 aliphatic carbocycles. The molecule has 0 aliphatic heterocycles. The van der Waals surface area contributed by atoms with Crippen molar-refractivity contribution in [2.75, 3.05) is 6.61 Å². The molecule has 3 aromatic rings. The summed E-state index contributed by atoms with van der Waals surface area (Å²) < 4.78 is 46.6. The molecule has 2 aromatic carbocycles. The van der Waals surface area contributed by atoms with E-state index in [2.05, 4.69) is 10.1 Å². The summed E-state index contributed by atoms with van der Waals surface area (Å²) in [5.74, 6) is 1.41. The zero-order chi connectivity index (χ0) is 21.4. The van der Waals surface area contributed by atoms with Crippen molar-refractivity contribution < 1.29 is 27.1 Å². The van der Waals surface area contributed by atoms with Crippen LogP contribution in [0, 0.1) is 0 Å². The molecule has 0 saturated heterocycles. The zero-order valence-electron chi connectivity index (χ0n) is 16.2. The average molecular weight is 417 g/mol. The maximum Gasteiger partial charge on any atom is 0.411 e. The number of carbonyl (C=O) groups is 1. The maximum atomic E-state index is 12.1. The molecule has 0 atom stereocenters. The summed E-state index contributed by atoms with van der Waals surface area (Å²) in [5.41, 5.74) is 2.48. The largest absolute Gasteiger partial charge is 0.461 e. The molecule has 30 heavy (non-hydrogen) atoms. The molecule has 0 radical (unpaired) electrons. The molecule has 3 rings (SSSR count).